The molecule has 3 rings (SSSR count). The molecule has 1 aromatic heterocycles. The second-order valence-electron chi connectivity index (χ2n) is 15.4. The van der Waals surface area contributed by atoms with Gasteiger partial charge < -0.3 is 4.57 Å². The molecule has 7 heteroatoms. The Balaban J connectivity index is 0.00000206. The molecule has 0 bridgehead atoms. The summed E-state index contributed by atoms with van der Waals surface area (Å²) in [7, 11) is 11.6. The maximum atomic E-state index is 5.27. The van der Waals surface area contributed by atoms with E-state index in [-0.39, 0.29) is 34.8 Å². The zero-order valence-electron chi connectivity index (χ0n) is 28.9. The predicted molar refractivity (Wildman–Crippen MR) is 186 cm³/mol. The molecule has 0 saturated heterocycles. The van der Waals surface area contributed by atoms with Gasteiger partial charge in [0.2, 0.25) is 0 Å². The first kappa shape index (κ1) is 37.3. The molecule has 0 N–H and O–H groups in total. The van der Waals surface area contributed by atoms with E-state index >= 15 is 0 Å². The number of nitrogens with zero attached hydrogens (tertiary/aromatic N) is 4. The van der Waals surface area contributed by atoms with E-state index in [4.69, 9.17) is 35.2 Å². The minimum absolute atomic E-state index is 0.0237. The van der Waals surface area contributed by atoms with Crippen LogP contribution in [0, 0.1) is 0 Å². The first-order chi connectivity index (χ1) is 19.5. The molecule has 43 heavy (non-hydrogen) atoms. The molecule has 0 radical (unpaired) electrons. The van der Waals surface area contributed by atoms with Crippen LogP contribution in [0.4, 0.5) is 11.4 Å². The second kappa shape index (κ2) is 14.0. The van der Waals surface area contributed by atoms with Crippen molar-refractivity contribution < 1.29 is 13.1 Å². The molecule has 0 amide bonds. The SMILES string of the molecule is CC(=Nc1c(C(C)(C)C)cccc1C(C)(C)C)c1cn(C)c(C(C)=Nc2c(C(C)(C)C)cccc2C(C)(C)C)n1.[Cl][Fe][Cl]. The van der Waals surface area contributed by atoms with Crippen LogP contribution in [0.3, 0.4) is 0 Å². The fraction of sp³-hybridized carbons (Fsp3) is 0.528. The number of aryl methyl sites for hydroxylation is 1. The molecule has 0 unspecified atom stereocenters. The number of hydrogen-bond acceptors (Lipinski definition) is 3. The van der Waals surface area contributed by atoms with E-state index in [0.29, 0.717) is 0 Å². The molecule has 0 spiro atoms. The molecule has 0 fully saturated rings. The molecule has 0 aliphatic carbocycles. The van der Waals surface area contributed by atoms with Crippen LogP contribution in [0.1, 0.15) is 131 Å². The molecule has 3 aromatic rings. The molecule has 4 nitrogen and oxygen atoms in total. The van der Waals surface area contributed by atoms with Gasteiger partial charge in [0.15, 0.2) is 5.82 Å². The Bertz CT molecular complexity index is 1410. The second-order valence-corrected chi connectivity index (χ2v) is 17.2. The number of para-hydroxylation sites is 2. The number of halogens is 2. The van der Waals surface area contributed by atoms with Crippen molar-refractivity contribution in [2.45, 2.75) is 119 Å². The maximum absolute atomic E-state index is 5.27. The van der Waals surface area contributed by atoms with Crippen LogP contribution < -0.4 is 0 Å². The van der Waals surface area contributed by atoms with Crippen molar-refractivity contribution in [3.63, 3.8) is 0 Å². The Kier molecular flexibility index (Phi) is 12.2. The van der Waals surface area contributed by atoms with Gasteiger partial charge >= 0.3 is 33.3 Å². The Morgan fingerprint density at radius 2 is 0.930 bits per heavy atom. The summed E-state index contributed by atoms with van der Waals surface area (Å²) in [4.78, 5) is 15.6. The molecule has 0 saturated carbocycles. The third kappa shape index (κ3) is 9.54. The van der Waals surface area contributed by atoms with Crippen LogP contribution in [0.2, 0.25) is 0 Å². The van der Waals surface area contributed by atoms with Gasteiger partial charge in [-0.05, 0) is 57.8 Å². The number of imidazole rings is 1. The summed E-state index contributed by atoms with van der Waals surface area (Å²) < 4.78 is 2.07. The molecular weight excluding hydrogens is 615 g/mol. The fourth-order valence-corrected chi connectivity index (χ4v) is 5.17. The number of hydrogen-bond donors (Lipinski definition) is 0. The topological polar surface area (TPSA) is 42.5 Å². The van der Waals surface area contributed by atoms with E-state index in [2.05, 4.69) is 144 Å². The molecule has 1 heterocycles. The molecule has 0 aliphatic heterocycles. The third-order valence-corrected chi connectivity index (χ3v) is 7.43. The van der Waals surface area contributed by atoms with Gasteiger partial charge in [-0.25, -0.2) is 9.98 Å². The number of benzene rings is 2. The van der Waals surface area contributed by atoms with Crippen molar-refractivity contribution >= 4 is 43.0 Å². The van der Waals surface area contributed by atoms with Crippen molar-refractivity contribution in [3.8, 4) is 0 Å². The summed E-state index contributed by atoms with van der Waals surface area (Å²) in [5, 5.41) is 0. The van der Waals surface area contributed by atoms with Gasteiger partial charge in [-0.15, -0.1) is 0 Å². The van der Waals surface area contributed by atoms with E-state index in [1.165, 1.54) is 22.3 Å². The standard InChI is InChI=1S/C36H52N4.2ClH.Fe/c1-23(37-30-25(33(3,4)5)18-16-19-26(30)34(6,7)8)29-22-40(15)32(39-29)24(2)38-31-27(35(9,10)11)20-17-21-28(31)36(12,13)14;;;/h16-22H,1-15H3;2*1H;/q;;;+2/p-2. The number of rotatable bonds is 4. The van der Waals surface area contributed by atoms with E-state index < -0.39 is 0 Å². The summed E-state index contributed by atoms with van der Waals surface area (Å²) in [5.74, 6) is 0.855. The first-order valence-electron chi connectivity index (χ1n) is 14.8. The number of aromatic nitrogens is 2. The van der Waals surface area contributed by atoms with E-state index in [9.17, 15) is 0 Å². The molecule has 2 aromatic carbocycles. The van der Waals surface area contributed by atoms with Crippen LogP contribution in [0.25, 0.3) is 0 Å². The van der Waals surface area contributed by atoms with Gasteiger partial charge in [0.1, 0.15) is 5.69 Å². The predicted octanol–water partition coefficient (Wildman–Crippen LogP) is 11.3. The monoisotopic (exact) mass is 666 g/mol. The van der Waals surface area contributed by atoms with Gasteiger partial charge in [0, 0.05) is 13.2 Å². The van der Waals surface area contributed by atoms with E-state index in [1.807, 2.05) is 7.05 Å². The van der Waals surface area contributed by atoms with E-state index in [1.54, 1.807) is 0 Å². The van der Waals surface area contributed by atoms with Gasteiger partial charge in [0.05, 0.1) is 22.8 Å². The number of aliphatic imine (C=N–C) groups is 2. The van der Waals surface area contributed by atoms with Gasteiger partial charge in [0.25, 0.3) is 0 Å². The quantitative estimate of drug-likeness (QED) is 0.202. The molecule has 0 aliphatic rings. The molecule has 238 valence electrons. The third-order valence-electron chi connectivity index (χ3n) is 7.43. The van der Waals surface area contributed by atoms with Crippen molar-refractivity contribution in [2.24, 2.45) is 17.0 Å². The Labute approximate surface area is 276 Å². The van der Waals surface area contributed by atoms with Crippen molar-refractivity contribution in [1.29, 1.82) is 0 Å². The summed E-state index contributed by atoms with van der Waals surface area (Å²) in [6.45, 7) is 31.2. The summed E-state index contributed by atoms with van der Waals surface area (Å²) in [6, 6.07) is 13.2. The minimum atomic E-state index is -0.0262. The summed E-state index contributed by atoms with van der Waals surface area (Å²) in [6.07, 6.45) is 2.07. The van der Waals surface area contributed by atoms with E-state index in [0.717, 1.165) is 34.3 Å². The molecule has 0 atom stereocenters. The zero-order chi connectivity index (χ0) is 33.1. The van der Waals surface area contributed by atoms with Crippen LogP contribution in [-0.2, 0) is 41.8 Å². The molecular formula is C36H52Cl2FeN4. The average Bonchev–Trinajstić information content (AvgIpc) is 3.24. The van der Waals surface area contributed by atoms with Crippen LogP contribution in [-0.4, -0.2) is 21.0 Å². The Morgan fingerprint density at radius 3 is 1.23 bits per heavy atom. The van der Waals surface area contributed by atoms with Crippen molar-refractivity contribution in [1.82, 2.24) is 9.55 Å². The van der Waals surface area contributed by atoms with Crippen LogP contribution in [0.5, 0.6) is 0 Å². The summed E-state index contributed by atoms with van der Waals surface area (Å²) in [5.41, 5.74) is 9.70. The fourth-order valence-electron chi connectivity index (χ4n) is 5.17. The van der Waals surface area contributed by atoms with Crippen molar-refractivity contribution in [3.05, 3.63) is 76.4 Å². The normalized spacial score (nSPS) is 13.7. The Morgan fingerprint density at radius 1 is 0.628 bits per heavy atom. The Hall–Kier alpha value is -1.91. The van der Waals surface area contributed by atoms with Crippen molar-refractivity contribution in [2.75, 3.05) is 0 Å². The first-order valence-corrected chi connectivity index (χ1v) is 17.9. The summed E-state index contributed by atoms with van der Waals surface area (Å²) >= 11 is 0.194. The van der Waals surface area contributed by atoms with Gasteiger partial charge in [-0.2, -0.15) is 0 Å². The van der Waals surface area contributed by atoms with Gasteiger partial charge in [-0.3, -0.25) is 4.99 Å². The van der Waals surface area contributed by atoms with Crippen LogP contribution >= 0.6 is 20.2 Å². The van der Waals surface area contributed by atoms with Crippen LogP contribution in [0.15, 0.2) is 52.6 Å². The zero-order valence-corrected chi connectivity index (χ0v) is 31.6. The average molecular weight is 668 g/mol. The van der Waals surface area contributed by atoms with Gasteiger partial charge in [-0.1, -0.05) is 119 Å².